The van der Waals surface area contributed by atoms with Gasteiger partial charge < -0.3 is 5.32 Å². The Labute approximate surface area is 167 Å². The van der Waals surface area contributed by atoms with E-state index in [0.717, 1.165) is 64.4 Å². The van der Waals surface area contributed by atoms with Crippen molar-refractivity contribution < 1.29 is 0 Å². The molecule has 0 aliphatic carbocycles. The molecule has 140 valence electrons. The van der Waals surface area contributed by atoms with Crippen molar-refractivity contribution in [1.82, 2.24) is 29.9 Å². The average Bonchev–Trinajstić information content (AvgIpc) is 3.24. The molecule has 1 N–H and O–H groups in total. The molecule has 0 bridgehead atoms. The van der Waals surface area contributed by atoms with Crippen molar-refractivity contribution in [3.8, 4) is 11.3 Å². The first-order valence-electron chi connectivity index (χ1n) is 8.98. The number of imidazole rings is 1. The van der Waals surface area contributed by atoms with Crippen LogP contribution in [-0.4, -0.2) is 37.7 Å². The van der Waals surface area contributed by atoms with Gasteiger partial charge in [-0.3, -0.25) is 0 Å². The van der Waals surface area contributed by atoms with Crippen LogP contribution in [0.15, 0.2) is 24.5 Å². The number of halogens is 1. The number of thiazole rings is 1. The summed E-state index contributed by atoms with van der Waals surface area (Å²) in [4.78, 5) is 13.9. The number of pyridine rings is 1. The summed E-state index contributed by atoms with van der Waals surface area (Å²) >= 11 is 1.78. The van der Waals surface area contributed by atoms with E-state index in [-0.39, 0.29) is 12.4 Å². The van der Waals surface area contributed by atoms with Crippen LogP contribution in [0.25, 0.3) is 27.3 Å². The molecule has 0 saturated carbocycles. The Morgan fingerprint density at radius 2 is 1.96 bits per heavy atom. The number of nitrogens with one attached hydrogen (secondary N) is 1. The molecule has 0 aromatic carbocycles. The smallest absolute Gasteiger partial charge is 0.170 e. The molecule has 8 heteroatoms. The molecule has 1 aliphatic rings. The Hall–Kier alpha value is -2.09. The zero-order valence-electron chi connectivity index (χ0n) is 15.3. The Morgan fingerprint density at radius 1 is 1.15 bits per heavy atom. The van der Waals surface area contributed by atoms with E-state index in [9.17, 15) is 0 Å². The van der Waals surface area contributed by atoms with Crippen molar-refractivity contribution >= 4 is 39.7 Å². The number of aromatic nitrogens is 5. The number of nitrogens with zero attached hydrogens (tertiary/aromatic N) is 5. The molecule has 4 aromatic rings. The van der Waals surface area contributed by atoms with Gasteiger partial charge in [-0.1, -0.05) is 0 Å². The second-order valence-electron chi connectivity index (χ2n) is 6.99. The first-order valence-corrected chi connectivity index (χ1v) is 9.80. The largest absolute Gasteiger partial charge is 0.317 e. The lowest BCUT2D eigenvalue weighted by atomic mass is 9.99. The fourth-order valence-electron chi connectivity index (χ4n) is 3.61. The molecular weight excluding hydrogens is 380 g/mol. The van der Waals surface area contributed by atoms with E-state index in [1.54, 1.807) is 11.3 Å². The van der Waals surface area contributed by atoms with Crippen molar-refractivity contribution in [1.29, 1.82) is 0 Å². The second kappa shape index (κ2) is 7.14. The van der Waals surface area contributed by atoms with E-state index in [1.807, 2.05) is 23.8 Å². The van der Waals surface area contributed by atoms with Crippen LogP contribution in [0.4, 0.5) is 0 Å². The van der Waals surface area contributed by atoms with Crippen LogP contribution in [0.3, 0.4) is 0 Å². The van der Waals surface area contributed by atoms with Gasteiger partial charge in [0.1, 0.15) is 0 Å². The van der Waals surface area contributed by atoms with Gasteiger partial charge in [-0.25, -0.2) is 19.5 Å². The number of rotatable bonds is 2. The third-order valence-electron chi connectivity index (χ3n) is 4.98. The normalized spacial score (nSPS) is 15.3. The van der Waals surface area contributed by atoms with Crippen molar-refractivity contribution in [2.75, 3.05) is 13.1 Å². The van der Waals surface area contributed by atoms with Crippen molar-refractivity contribution in [3.05, 3.63) is 40.8 Å². The monoisotopic (exact) mass is 400 g/mol. The predicted molar refractivity (Wildman–Crippen MR) is 111 cm³/mol. The summed E-state index contributed by atoms with van der Waals surface area (Å²) in [7, 11) is 0. The quantitative estimate of drug-likeness (QED) is 0.552. The van der Waals surface area contributed by atoms with Gasteiger partial charge in [0.15, 0.2) is 11.3 Å². The van der Waals surface area contributed by atoms with Gasteiger partial charge >= 0.3 is 0 Å². The first-order chi connectivity index (χ1) is 12.7. The van der Waals surface area contributed by atoms with Gasteiger partial charge in [0.25, 0.3) is 0 Å². The molecule has 0 radical (unpaired) electrons. The summed E-state index contributed by atoms with van der Waals surface area (Å²) in [5.74, 6) is 0.560. The minimum atomic E-state index is 0. The fourth-order valence-corrected chi connectivity index (χ4v) is 4.74. The van der Waals surface area contributed by atoms with E-state index in [0.29, 0.717) is 5.92 Å². The maximum absolute atomic E-state index is 4.79. The highest BCUT2D eigenvalue weighted by Gasteiger charge is 2.19. The lowest BCUT2D eigenvalue weighted by Gasteiger charge is -2.20. The molecule has 5 heterocycles. The first kappa shape index (κ1) is 18.3. The highest BCUT2D eigenvalue weighted by Crippen LogP contribution is 2.33. The minimum Gasteiger partial charge on any atom is -0.317 e. The minimum absolute atomic E-state index is 0. The topological polar surface area (TPSA) is 68.0 Å². The van der Waals surface area contributed by atoms with E-state index >= 15 is 0 Å². The van der Waals surface area contributed by atoms with Crippen LogP contribution in [0.5, 0.6) is 0 Å². The standard InChI is InChI=1S/C19H20N6S.ClH/c1-11-7-15(24-25-10-12(2)22-18(11)25)14-8-16-17(21-9-14)23-19(26-16)13-3-5-20-6-4-13;/h7-10,13,20H,3-6H2,1-2H3;1H. The SMILES string of the molecule is Cc1cn2nc(-c3cnc4nc(C5CCNCC5)sc4c3)cc(C)c2n1.Cl. The van der Waals surface area contributed by atoms with Crippen LogP contribution in [-0.2, 0) is 0 Å². The third kappa shape index (κ3) is 3.31. The molecule has 0 spiro atoms. The van der Waals surface area contributed by atoms with Crippen LogP contribution in [0.1, 0.15) is 35.0 Å². The summed E-state index contributed by atoms with van der Waals surface area (Å²) in [6.07, 6.45) is 6.15. The Morgan fingerprint density at radius 3 is 2.78 bits per heavy atom. The van der Waals surface area contributed by atoms with Crippen molar-refractivity contribution in [3.63, 3.8) is 0 Å². The third-order valence-corrected chi connectivity index (χ3v) is 6.13. The van der Waals surface area contributed by atoms with Crippen molar-refractivity contribution in [2.24, 2.45) is 0 Å². The highest BCUT2D eigenvalue weighted by molar-refractivity contribution is 7.18. The molecule has 6 nitrogen and oxygen atoms in total. The molecule has 5 rings (SSSR count). The van der Waals surface area contributed by atoms with Crippen LogP contribution >= 0.6 is 23.7 Å². The second-order valence-corrected chi connectivity index (χ2v) is 8.05. The zero-order chi connectivity index (χ0) is 17.7. The van der Waals surface area contributed by atoms with Crippen LogP contribution in [0.2, 0.25) is 0 Å². The van der Waals surface area contributed by atoms with E-state index in [1.165, 1.54) is 5.01 Å². The molecule has 0 atom stereocenters. The van der Waals surface area contributed by atoms with E-state index in [2.05, 4.69) is 34.3 Å². The van der Waals surface area contributed by atoms with Crippen molar-refractivity contribution in [2.45, 2.75) is 32.6 Å². The summed E-state index contributed by atoms with van der Waals surface area (Å²) < 4.78 is 2.99. The lowest BCUT2D eigenvalue weighted by molar-refractivity contribution is 0.459. The van der Waals surface area contributed by atoms with Gasteiger partial charge in [0.05, 0.1) is 27.3 Å². The predicted octanol–water partition coefficient (Wildman–Crippen LogP) is 3.91. The molecule has 0 amide bonds. The molecule has 1 fully saturated rings. The summed E-state index contributed by atoms with van der Waals surface area (Å²) in [5.41, 5.74) is 5.78. The Balaban J connectivity index is 0.00000180. The Bertz CT molecular complexity index is 1110. The van der Waals surface area contributed by atoms with Gasteiger partial charge in [-0.05, 0) is 57.5 Å². The average molecular weight is 401 g/mol. The van der Waals surface area contributed by atoms with Gasteiger partial charge in [-0.2, -0.15) is 5.10 Å². The number of piperidine rings is 1. The molecule has 0 unspecified atom stereocenters. The fraction of sp³-hybridized carbons (Fsp3) is 0.368. The number of fused-ring (bicyclic) bond motifs is 2. The van der Waals surface area contributed by atoms with Gasteiger partial charge in [-0.15, -0.1) is 23.7 Å². The molecule has 1 saturated heterocycles. The lowest BCUT2D eigenvalue weighted by Crippen LogP contribution is -2.26. The maximum atomic E-state index is 4.79. The van der Waals surface area contributed by atoms with Gasteiger partial charge in [0, 0.05) is 17.7 Å². The van der Waals surface area contributed by atoms with Gasteiger partial charge in [0.2, 0.25) is 0 Å². The highest BCUT2D eigenvalue weighted by atomic mass is 35.5. The zero-order valence-corrected chi connectivity index (χ0v) is 16.9. The maximum Gasteiger partial charge on any atom is 0.170 e. The summed E-state index contributed by atoms with van der Waals surface area (Å²) in [6.45, 7) is 6.21. The number of aryl methyl sites for hydroxylation is 2. The summed E-state index contributed by atoms with van der Waals surface area (Å²) in [6, 6.07) is 4.25. The van der Waals surface area contributed by atoms with Crippen LogP contribution < -0.4 is 5.32 Å². The molecular formula is C19H21ClN6S. The Kier molecular flexibility index (Phi) is 4.84. The number of hydrogen-bond acceptors (Lipinski definition) is 6. The van der Waals surface area contributed by atoms with E-state index < -0.39 is 0 Å². The summed E-state index contributed by atoms with van der Waals surface area (Å²) in [5, 5.41) is 9.36. The van der Waals surface area contributed by atoms with E-state index in [4.69, 9.17) is 10.1 Å². The molecule has 1 aliphatic heterocycles. The van der Waals surface area contributed by atoms with Crippen LogP contribution in [0, 0.1) is 13.8 Å². The molecule has 27 heavy (non-hydrogen) atoms. The molecule has 4 aromatic heterocycles. The number of hydrogen-bond donors (Lipinski definition) is 1.